The first-order valence-electron chi connectivity index (χ1n) is 3.05. The van der Waals surface area contributed by atoms with Gasteiger partial charge in [-0.15, -0.1) is 0 Å². The van der Waals surface area contributed by atoms with E-state index in [0.717, 1.165) is 0 Å². The lowest BCUT2D eigenvalue weighted by Gasteiger charge is -2.13. The summed E-state index contributed by atoms with van der Waals surface area (Å²) in [5.41, 5.74) is -9.11. The van der Waals surface area contributed by atoms with Crippen LogP contribution in [0.3, 0.4) is 0 Å². The maximum atomic E-state index is 12.6. The van der Waals surface area contributed by atoms with Crippen molar-refractivity contribution in [3.8, 4) is 0 Å². The van der Waals surface area contributed by atoms with Gasteiger partial charge in [-0.1, -0.05) is 0 Å². The highest BCUT2D eigenvalue weighted by atomic mass is 19.4. The third-order valence-electron chi connectivity index (χ3n) is 1.98. The van der Waals surface area contributed by atoms with Gasteiger partial charge in [-0.25, -0.2) is 13.2 Å². The molecule has 1 aliphatic rings. The van der Waals surface area contributed by atoms with Crippen molar-refractivity contribution in [1.29, 1.82) is 0 Å². The molecule has 0 aliphatic heterocycles. The molecule has 2 N–H and O–H groups in total. The number of rotatable bonds is 1. The summed E-state index contributed by atoms with van der Waals surface area (Å²) in [5, 5.41) is 16.0. The zero-order valence-corrected chi connectivity index (χ0v) is 5.82. The van der Waals surface area contributed by atoms with Gasteiger partial charge >= 0.3 is 13.3 Å². The average molecular weight is 208 g/mol. The largest absolute Gasteiger partial charge is 0.498 e. The first kappa shape index (κ1) is 10.6. The van der Waals surface area contributed by atoms with Crippen molar-refractivity contribution in [2.24, 2.45) is 0 Å². The summed E-state index contributed by atoms with van der Waals surface area (Å²) in [6.07, 6.45) is -9.40. The van der Waals surface area contributed by atoms with Crippen molar-refractivity contribution < 1.29 is 36.4 Å². The predicted molar refractivity (Wildman–Crippen MR) is 28.8 cm³/mol. The molecule has 9 heteroatoms. The van der Waals surface area contributed by atoms with E-state index in [4.69, 9.17) is 10.0 Å². The molecule has 0 heterocycles. The molecular formula is C4H3BF6O2. The van der Waals surface area contributed by atoms with Gasteiger partial charge in [-0.3, -0.25) is 0 Å². The highest BCUT2D eigenvalue weighted by molar-refractivity contribution is 6.48. The average Bonchev–Trinajstić information content (AvgIpc) is 2.37. The molecule has 0 spiro atoms. The van der Waals surface area contributed by atoms with Crippen LogP contribution in [0.25, 0.3) is 0 Å². The van der Waals surface area contributed by atoms with Crippen LogP contribution in [0, 0.1) is 0 Å². The minimum Gasteiger partial charge on any atom is -0.425 e. The van der Waals surface area contributed by atoms with Crippen molar-refractivity contribution in [3.05, 3.63) is 0 Å². The summed E-state index contributed by atoms with van der Waals surface area (Å²) < 4.78 is 72.2. The molecule has 3 unspecified atom stereocenters. The van der Waals surface area contributed by atoms with Crippen LogP contribution in [0.15, 0.2) is 0 Å². The fourth-order valence-electron chi connectivity index (χ4n) is 1.06. The SMILES string of the molecule is OB(O)C1(F)C(F)C1(F)C(F)(F)F. The Morgan fingerprint density at radius 2 is 1.54 bits per heavy atom. The van der Waals surface area contributed by atoms with Crippen molar-refractivity contribution in [2.45, 2.75) is 23.6 Å². The van der Waals surface area contributed by atoms with E-state index in [-0.39, 0.29) is 0 Å². The Kier molecular flexibility index (Phi) is 1.90. The molecule has 0 amide bonds. The second-order valence-corrected chi connectivity index (χ2v) is 2.71. The summed E-state index contributed by atoms with van der Waals surface area (Å²) in [6.45, 7) is 0. The summed E-state index contributed by atoms with van der Waals surface area (Å²) in [7, 11) is -3.34. The van der Waals surface area contributed by atoms with Gasteiger partial charge in [-0.2, -0.15) is 13.2 Å². The molecule has 0 saturated heterocycles. The zero-order chi connectivity index (χ0) is 10.7. The Morgan fingerprint density at radius 3 is 1.62 bits per heavy atom. The molecule has 2 nitrogen and oxygen atoms in total. The quantitative estimate of drug-likeness (QED) is 0.481. The van der Waals surface area contributed by atoms with E-state index in [9.17, 15) is 26.3 Å². The fourth-order valence-corrected chi connectivity index (χ4v) is 1.06. The summed E-state index contributed by atoms with van der Waals surface area (Å²) >= 11 is 0. The van der Waals surface area contributed by atoms with Crippen LogP contribution in [0.2, 0.25) is 0 Å². The minimum atomic E-state index is -5.80. The molecule has 0 aromatic carbocycles. The molecule has 13 heavy (non-hydrogen) atoms. The topological polar surface area (TPSA) is 40.5 Å². The van der Waals surface area contributed by atoms with Gasteiger partial charge in [0.25, 0.3) is 5.67 Å². The van der Waals surface area contributed by atoms with Crippen molar-refractivity contribution >= 4 is 7.12 Å². The first-order valence-corrected chi connectivity index (χ1v) is 3.05. The van der Waals surface area contributed by atoms with Gasteiger partial charge in [0, 0.05) is 0 Å². The second kappa shape index (κ2) is 2.32. The minimum absolute atomic E-state index is 3.34. The van der Waals surface area contributed by atoms with E-state index in [2.05, 4.69) is 0 Å². The molecule has 3 atom stereocenters. The van der Waals surface area contributed by atoms with Crippen molar-refractivity contribution in [1.82, 2.24) is 0 Å². The molecule has 0 radical (unpaired) electrons. The maximum Gasteiger partial charge on any atom is 0.498 e. The zero-order valence-electron chi connectivity index (χ0n) is 5.82. The number of alkyl halides is 6. The normalized spacial score (nSPS) is 44.8. The van der Waals surface area contributed by atoms with E-state index >= 15 is 0 Å². The first-order chi connectivity index (χ1) is 5.60. The van der Waals surface area contributed by atoms with Crippen LogP contribution in [-0.4, -0.2) is 40.8 Å². The highest BCUT2D eigenvalue weighted by Crippen LogP contribution is 2.64. The summed E-state index contributed by atoms with van der Waals surface area (Å²) in [5.74, 6) is 0. The molecule has 1 rings (SSSR count). The summed E-state index contributed by atoms with van der Waals surface area (Å²) in [4.78, 5) is 0. The monoisotopic (exact) mass is 208 g/mol. The Balaban J connectivity index is 3.00. The standard InChI is InChI=1S/C4H3BF6O2/c6-1-2(7,4(9,10)11)3(1,8)5(12)13/h1,12-13H. The van der Waals surface area contributed by atoms with Gasteiger partial charge in [0.1, 0.15) is 0 Å². The Bertz CT molecular complexity index is 231. The summed E-state index contributed by atoms with van der Waals surface area (Å²) in [6, 6.07) is 0. The van der Waals surface area contributed by atoms with Gasteiger partial charge in [0.05, 0.1) is 0 Å². The van der Waals surface area contributed by atoms with E-state index in [1.807, 2.05) is 0 Å². The molecule has 1 aliphatic carbocycles. The second-order valence-electron chi connectivity index (χ2n) is 2.71. The van der Waals surface area contributed by atoms with E-state index < -0.39 is 30.7 Å². The highest BCUT2D eigenvalue weighted by Gasteiger charge is 2.97. The van der Waals surface area contributed by atoms with E-state index in [0.29, 0.717) is 0 Å². The Hall–Kier alpha value is -0.435. The maximum absolute atomic E-state index is 12.6. The molecular weight excluding hydrogens is 205 g/mol. The van der Waals surface area contributed by atoms with Crippen molar-refractivity contribution in [3.63, 3.8) is 0 Å². The van der Waals surface area contributed by atoms with Crippen LogP contribution < -0.4 is 0 Å². The van der Waals surface area contributed by atoms with Gasteiger partial charge < -0.3 is 10.0 Å². The predicted octanol–water partition coefficient (Wildman–Crippen LogP) is 0.329. The van der Waals surface area contributed by atoms with E-state index in [1.165, 1.54) is 0 Å². The fraction of sp³-hybridized carbons (Fsp3) is 1.00. The lowest BCUT2D eigenvalue weighted by atomic mass is 9.78. The smallest absolute Gasteiger partial charge is 0.425 e. The van der Waals surface area contributed by atoms with Gasteiger partial charge in [0.2, 0.25) is 5.57 Å². The van der Waals surface area contributed by atoms with Gasteiger partial charge in [0.15, 0.2) is 6.17 Å². The Morgan fingerprint density at radius 1 is 1.15 bits per heavy atom. The molecule has 0 bridgehead atoms. The molecule has 1 fully saturated rings. The lowest BCUT2D eigenvalue weighted by molar-refractivity contribution is -0.206. The number of hydrogen-bond acceptors (Lipinski definition) is 2. The van der Waals surface area contributed by atoms with Crippen LogP contribution in [0.1, 0.15) is 0 Å². The van der Waals surface area contributed by atoms with Crippen LogP contribution in [0.5, 0.6) is 0 Å². The van der Waals surface area contributed by atoms with Crippen LogP contribution >= 0.6 is 0 Å². The third kappa shape index (κ3) is 0.939. The van der Waals surface area contributed by atoms with Crippen LogP contribution in [-0.2, 0) is 0 Å². The Labute approximate surface area is 68.3 Å². The van der Waals surface area contributed by atoms with E-state index in [1.54, 1.807) is 0 Å². The molecule has 0 aromatic heterocycles. The van der Waals surface area contributed by atoms with Crippen LogP contribution in [0.4, 0.5) is 26.3 Å². The molecule has 1 saturated carbocycles. The number of halogens is 6. The van der Waals surface area contributed by atoms with Gasteiger partial charge in [-0.05, 0) is 0 Å². The molecule has 76 valence electrons. The molecule has 0 aromatic rings. The third-order valence-corrected chi connectivity index (χ3v) is 1.98. The van der Waals surface area contributed by atoms with Crippen molar-refractivity contribution in [2.75, 3.05) is 0 Å². The lowest BCUT2D eigenvalue weighted by Crippen LogP contribution is -2.43. The number of hydrogen-bond donors (Lipinski definition) is 2.